The minimum atomic E-state index is -3.28. The lowest BCUT2D eigenvalue weighted by molar-refractivity contribution is -0.138. The molecule has 1 saturated heterocycles. The molecular weight excluding hydrogens is 304 g/mol. The summed E-state index contributed by atoms with van der Waals surface area (Å²) in [6, 6.07) is -1.02. The number of allylic oxidation sites excluding steroid dienone is 3. The number of aliphatic carboxylic acids is 1. The zero-order valence-corrected chi connectivity index (χ0v) is 12.8. The summed E-state index contributed by atoms with van der Waals surface area (Å²) in [5.41, 5.74) is -0.447. The lowest BCUT2D eigenvalue weighted by Crippen LogP contribution is -2.53. The molecular formula is C13H18F2NO4S-. The monoisotopic (exact) mass is 322 g/mol. The van der Waals surface area contributed by atoms with Crippen molar-refractivity contribution in [2.45, 2.75) is 45.6 Å². The molecule has 1 rings (SSSR count). The molecule has 8 heteroatoms. The number of carboxylic acid groups (broad SMARTS) is 1. The Bertz CT molecular complexity index is 504. The molecule has 1 aliphatic heterocycles. The van der Waals surface area contributed by atoms with E-state index in [4.69, 9.17) is 5.11 Å². The molecule has 2 unspecified atom stereocenters. The first-order chi connectivity index (χ1) is 9.68. The normalized spacial score (nSPS) is 30.7. The van der Waals surface area contributed by atoms with Gasteiger partial charge in [-0.15, -0.1) is 0 Å². The van der Waals surface area contributed by atoms with Crippen LogP contribution in [0.15, 0.2) is 23.4 Å². The molecule has 0 aromatic heterocycles. The molecule has 1 fully saturated rings. The molecule has 21 heavy (non-hydrogen) atoms. The zero-order valence-electron chi connectivity index (χ0n) is 12.0. The second kappa shape index (κ2) is 6.65. The van der Waals surface area contributed by atoms with Gasteiger partial charge < -0.3 is 9.66 Å². The van der Waals surface area contributed by atoms with Crippen molar-refractivity contribution in [3.63, 3.8) is 0 Å². The summed E-state index contributed by atoms with van der Waals surface area (Å²) < 4.78 is 52.8. The molecule has 0 saturated carbocycles. The molecule has 0 aromatic carbocycles. The number of nitrogens with zero attached hydrogens (tertiary/aromatic N) is 1. The van der Waals surface area contributed by atoms with Gasteiger partial charge in [0.1, 0.15) is 0 Å². The van der Waals surface area contributed by atoms with Crippen LogP contribution in [0, 0.1) is 5.92 Å². The van der Waals surface area contributed by atoms with E-state index in [0.717, 1.165) is 4.31 Å². The Kier molecular flexibility index (Phi) is 5.63. The Morgan fingerprint density at radius 3 is 2.43 bits per heavy atom. The van der Waals surface area contributed by atoms with Crippen LogP contribution in [0.1, 0.15) is 33.6 Å². The van der Waals surface area contributed by atoms with Crippen molar-refractivity contribution in [3.05, 3.63) is 23.4 Å². The van der Waals surface area contributed by atoms with Gasteiger partial charge in [-0.25, -0.2) is 8.78 Å². The largest absolute Gasteiger partial charge is 0.755 e. The van der Waals surface area contributed by atoms with Gasteiger partial charge >= 0.3 is 5.97 Å². The Labute approximate surface area is 124 Å². The van der Waals surface area contributed by atoms with Crippen LogP contribution in [-0.2, 0) is 16.1 Å². The summed E-state index contributed by atoms with van der Waals surface area (Å²) >= 11 is -2.71. The molecule has 120 valence electrons. The van der Waals surface area contributed by atoms with E-state index in [1.807, 2.05) is 0 Å². The van der Waals surface area contributed by atoms with Crippen LogP contribution in [0.4, 0.5) is 8.78 Å². The third-order valence-electron chi connectivity index (χ3n) is 3.68. The molecule has 3 atom stereocenters. The van der Waals surface area contributed by atoms with E-state index in [2.05, 4.69) is 0 Å². The Morgan fingerprint density at radius 2 is 2.05 bits per heavy atom. The van der Waals surface area contributed by atoms with E-state index < -0.39 is 41.5 Å². The fourth-order valence-corrected chi connectivity index (χ4v) is 3.50. The van der Waals surface area contributed by atoms with Crippen LogP contribution in [-0.4, -0.2) is 36.1 Å². The Hall–Kier alpha value is -1.28. The van der Waals surface area contributed by atoms with Gasteiger partial charge in [0.25, 0.3) is 5.92 Å². The van der Waals surface area contributed by atoms with Crippen molar-refractivity contribution in [2.75, 3.05) is 0 Å². The number of halogens is 2. The number of hydrogen-bond donors (Lipinski definition) is 1. The molecule has 1 heterocycles. The quantitative estimate of drug-likeness (QED) is 0.806. The number of hydrogen-bond acceptors (Lipinski definition) is 3. The van der Waals surface area contributed by atoms with Crippen molar-refractivity contribution in [3.8, 4) is 0 Å². The molecule has 5 nitrogen and oxygen atoms in total. The molecule has 0 spiro atoms. The van der Waals surface area contributed by atoms with Gasteiger partial charge in [0.15, 0.2) is 0 Å². The lowest BCUT2D eigenvalue weighted by Gasteiger charge is -2.48. The molecule has 0 amide bonds. The second-order valence-corrected chi connectivity index (χ2v) is 5.65. The molecule has 0 radical (unpaired) electrons. The van der Waals surface area contributed by atoms with Crippen LogP contribution in [0.5, 0.6) is 0 Å². The topological polar surface area (TPSA) is 80.7 Å². The van der Waals surface area contributed by atoms with Gasteiger partial charge in [-0.1, -0.05) is 12.2 Å². The van der Waals surface area contributed by atoms with Gasteiger partial charge in [-0.3, -0.25) is 13.3 Å². The molecule has 1 N–H and O–H groups in total. The van der Waals surface area contributed by atoms with Gasteiger partial charge in [0.05, 0.1) is 5.70 Å². The average Bonchev–Trinajstić information content (AvgIpc) is 2.35. The molecule has 1 aliphatic rings. The third kappa shape index (κ3) is 3.32. The van der Waals surface area contributed by atoms with Crippen LogP contribution in [0.25, 0.3) is 0 Å². The summed E-state index contributed by atoms with van der Waals surface area (Å²) in [5.74, 6) is -5.85. The molecule has 0 bridgehead atoms. The Balaban J connectivity index is 3.31. The van der Waals surface area contributed by atoms with Crippen LogP contribution >= 0.6 is 0 Å². The zero-order chi connectivity index (χ0) is 16.4. The Morgan fingerprint density at radius 1 is 1.48 bits per heavy atom. The summed E-state index contributed by atoms with van der Waals surface area (Å²) in [4.78, 5) is 10.6. The SMILES string of the molecule is CC=C1/C(=C\C)C(F)(F)C(CCC(=O)O)[C@@H](C)N1S(=O)[O-]. The van der Waals surface area contributed by atoms with E-state index in [0.29, 0.717) is 0 Å². The van der Waals surface area contributed by atoms with Crippen molar-refractivity contribution >= 4 is 17.2 Å². The van der Waals surface area contributed by atoms with Gasteiger partial charge in [-0.2, -0.15) is 0 Å². The number of carbonyl (C=O) groups is 1. The third-order valence-corrected chi connectivity index (χ3v) is 4.53. The van der Waals surface area contributed by atoms with Crippen molar-refractivity contribution in [2.24, 2.45) is 5.92 Å². The van der Waals surface area contributed by atoms with Crippen molar-refractivity contribution in [1.82, 2.24) is 4.31 Å². The molecule has 0 aliphatic carbocycles. The van der Waals surface area contributed by atoms with E-state index in [-0.39, 0.29) is 17.7 Å². The first-order valence-corrected chi connectivity index (χ1v) is 7.53. The van der Waals surface area contributed by atoms with E-state index in [1.165, 1.54) is 32.9 Å². The highest BCUT2D eigenvalue weighted by Gasteiger charge is 2.53. The average molecular weight is 322 g/mol. The maximum absolute atomic E-state index is 14.6. The highest BCUT2D eigenvalue weighted by atomic mass is 32.2. The van der Waals surface area contributed by atoms with Crippen LogP contribution < -0.4 is 0 Å². The second-order valence-electron chi connectivity index (χ2n) is 4.82. The van der Waals surface area contributed by atoms with Gasteiger partial charge in [0.2, 0.25) is 0 Å². The van der Waals surface area contributed by atoms with E-state index >= 15 is 0 Å². The van der Waals surface area contributed by atoms with Gasteiger partial charge in [-0.05, 0) is 27.2 Å². The highest BCUT2D eigenvalue weighted by Crippen LogP contribution is 2.48. The number of carboxylic acids is 1. The maximum Gasteiger partial charge on any atom is 0.303 e. The predicted molar refractivity (Wildman–Crippen MR) is 73.0 cm³/mol. The fraction of sp³-hybridized carbons (Fsp3) is 0.615. The minimum Gasteiger partial charge on any atom is -0.755 e. The van der Waals surface area contributed by atoms with Gasteiger partial charge in [0, 0.05) is 35.2 Å². The predicted octanol–water partition coefficient (Wildman–Crippen LogP) is 2.45. The molecule has 0 aromatic rings. The first-order valence-electron chi connectivity index (χ1n) is 6.50. The fourth-order valence-electron chi connectivity index (χ4n) is 2.72. The lowest BCUT2D eigenvalue weighted by atomic mass is 9.80. The first kappa shape index (κ1) is 17.8. The smallest absolute Gasteiger partial charge is 0.303 e. The summed E-state index contributed by atoms with van der Waals surface area (Å²) in [6.45, 7) is 4.26. The summed E-state index contributed by atoms with van der Waals surface area (Å²) in [7, 11) is 0. The summed E-state index contributed by atoms with van der Waals surface area (Å²) in [5, 5.41) is 8.69. The van der Waals surface area contributed by atoms with Crippen LogP contribution in [0.3, 0.4) is 0 Å². The minimum absolute atomic E-state index is 0.0603. The van der Waals surface area contributed by atoms with Crippen molar-refractivity contribution in [1.29, 1.82) is 0 Å². The number of piperidine rings is 1. The standard InChI is InChI=1S/C13H19F2NO4S/c1-4-9-11(5-2)16(21(19)20)8(3)10(13(9,14)15)6-7-12(17)18/h4-5,8,10H,6-7H2,1-3H3,(H,17,18)(H,19,20)/p-1/b9-4+,11-5?/t8-,10?/m1/s1. The maximum atomic E-state index is 14.6. The van der Waals surface area contributed by atoms with Crippen LogP contribution in [0.2, 0.25) is 0 Å². The van der Waals surface area contributed by atoms with E-state index in [1.54, 1.807) is 0 Å². The number of alkyl halides is 2. The van der Waals surface area contributed by atoms with Crippen molar-refractivity contribution < 1.29 is 27.4 Å². The summed E-state index contributed by atoms with van der Waals surface area (Å²) in [6.07, 6.45) is 1.76. The highest BCUT2D eigenvalue weighted by molar-refractivity contribution is 7.76. The number of rotatable bonds is 4. The van der Waals surface area contributed by atoms with E-state index in [9.17, 15) is 22.3 Å².